The number of hydrogen-bond donors (Lipinski definition) is 5. The van der Waals surface area contributed by atoms with Crippen LogP contribution in [0.5, 0.6) is 28.7 Å². The topological polar surface area (TPSA) is 398 Å². The van der Waals surface area contributed by atoms with Crippen molar-refractivity contribution in [1.82, 2.24) is 94.1 Å². The number of carbonyl (C=O) groups excluding carboxylic acids is 1. The predicted octanol–water partition coefficient (Wildman–Crippen LogP) is 22.9. The number of morpholine rings is 2. The van der Waals surface area contributed by atoms with Crippen LogP contribution in [0.2, 0.25) is 5.15 Å². The number of para-hydroxylation sites is 5. The van der Waals surface area contributed by atoms with Crippen molar-refractivity contribution in [3.63, 3.8) is 0 Å². The third-order valence-electron chi connectivity index (χ3n) is 22.0. The van der Waals surface area contributed by atoms with Gasteiger partial charge in [0.1, 0.15) is 73.0 Å². The van der Waals surface area contributed by atoms with E-state index in [0.29, 0.717) is 101 Å². The molecule has 0 spiro atoms. The zero-order valence-corrected chi connectivity index (χ0v) is 87.0. The average molecular weight is 2290 g/mol. The van der Waals surface area contributed by atoms with Crippen LogP contribution < -0.4 is 35.7 Å². The maximum atomic E-state index is 12.4. The number of nitrogen functional groups attached to an aromatic ring is 1. The molecule has 32 nitrogen and oxygen atoms in total. The van der Waals surface area contributed by atoms with Crippen LogP contribution in [0, 0.1) is 11.3 Å². The van der Waals surface area contributed by atoms with Crippen molar-refractivity contribution in [3.05, 3.63) is 335 Å². The van der Waals surface area contributed by atoms with E-state index in [4.69, 9.17) is 67.8 Å². The number of hydrogen-bond acceptors (Lipinski definition) is 26. The molecule has 6 N–H and O–H groups in total. The number of phenolic OH excluding ortho intramolecular Hbond substituents is 2. The summed E-state index contributed by atoms with van der Waals surface area (Å²) in [6, 6.07) is 86.2. The summed E-state index contributed by atoms with van der Waals surface area (Å²) in [6.45, 7) is 3.80. The lowest BCUT2D eigenvalue weighted by molar-refractivity contribution is 0.0184. The van der Waals surface area contributed by atoms with E-state index in [1.54, 1.807) is 106 Å². The van der Waals surface area contributed by atoms with Gasteiger partial charge in [-0.2, -0.15) is 30.8 Å². The number of nitrogens with one attached hydrogen (secondary N) is 2. The highest BCUT2D eigenvalue weighted by Gasteiger charge is 2.36. The summed E-state index contributed by atoms with van der Waals surface area (Å²) in [6.07, 6.45) is 14.6. The SMILES string of the molecule is BrB(Br)Br.C1CC2CNCC1O2.COc1cccc(-c2nc(Cl)c3cnn(-c4ccccc4)c3n2)c1.COc1cccc(-c2nc3c(cnn3-c3ccccc3)c(=O)[nH]2)c1.COc1cccc(C(=O)Cl)c1.N#Cc1cnn(-c2ccccc2)c1N.O=P(Cl)(Cl)Cl.Oc1cccc(-c2nc(Br)c3cnn(-c4ccccc4)c3n2)c1.Oc1cccc(-c2nc(N3CC4CCC(C3)O4)c3cnn(-c4ccccc4)c3n2)c1. The fourth-order valence-electron chi connectivity index (χ4n) is 15.4. The number of fused-ring (bicyclic) bond motifs is 8. The molecule has 4 unspecified atom stereocenters. The number of nitrogens with zero attached hydrogens (tertiary/aromatic N) is 19. The molecule has 4 atom stereocenters. The Kier molecular flexibility index (Phi) is 36.1. The monoisotopic (exact) mass is 2290 g/mol. The number of anilines is 2. The molecule has 13 heterocycles. The lowest BCUT2D eigenvalue weighted by Gasteiger charge is -2.33. The Balaban J connectivity index is 0.000000127. The second-order valence-electron chi connectivity index (χ2n) is 31.5. The number of ether oxygens (including phenoxy) is 5. The number of carbonyl (C=O) groups is 1. The summed E-state index contributed by atoms with van der Waals surface area (Å²) in [5, 5.41) is 53.0. The van der Waals surface area contributed by atoms with Gasteiger partial charge >= 0.3 is 8.38 Å². The van der Waals surface area contributed by atoms with Crippen LogP contribution in [0.4, 0.5) is 11.6 Å². The minimum absolute atomic E-state index is 0.180. The molecule has 4 bridgehead atoms. The Labute approximate surface area is 877 Å². The number of benzene rings is 10. The highest BCUT2D eigenvalue weighted by Crippen LogP contribution is 2.61. The van der Waals surface area contributed by atoms with E-state index in [9.17, 15) is 24.4 Å². The Morgan fingerprint density at radius 1 is 0.469 bits per heavy atom. The first-order valence-corrected chi connectivity index (χ1v) is 52.6. The van der Waals surface area contributed by atoms with Crippen LogP contribution >= 0.6 is 125 Å². The summed E-state index contributed by atoms with van der Waals surface area (Å²) >= 11 is 38.2. The first kappa shape index (κ1) is 104. The van der Waals surface area contributed by atoms with Crippen molar-refractivity contribution in [2.24, 2.45) is 0 Å². The first-order chi connectivity index (χ1) is 69.2. The Morgan fingerprint density at radius 2 is 0.832 bits per heavy atom. The molecular weight excluding hydrogens is 2210 g/mol. The van der Waals surface area contributed by atoms with Crippen molar-refractivity contribution in [3.8, 4) is 109 Å². The Hall–Kier alpha value is -13.3. The van der Waals surface area contributed by atoms with Crippen LogP contribution in [0.1, 0.15) is 41.6 Å². The standard InChI is InChI=1S/C23H21N5O2.C18H13ClN4O.C18H14N4O2.C17H11BrN4O.C10H8N4.C8H7ClO2.C6H11NO.BBr3.Cl3OP/c29-17-8-4-5-15(11-17)21-25-22(27-13-18-9-10-19(14-27)30-18)20-12-24-28(23(20)26-21)16-6-2-1-3-7-16;1-24-14-9-5-6-12(10-14)17-21-16(19)15-11-20-23(18(15)22-17)13-7-3-2-4-8-13;1-24-14-9-5-6-12(10-14)16-20-17-15(18(23)21-16)11-19-22(17)13-7-3-2-4-8-13;18-15-14-10-19-22(12-6-2-1-3-7-12)17(14)21-16(20-15)11-5-4-8-13(23)9-11;11-6-8-7-13-14(10(8)12)9-4-2-1-3-5-9;1-11-7-4-2-3-6(5-7)8(9)10;1-2-6-4-7-3-5(1)8-6;2-1(3)4;1-5(2,3)4/h1-8,11-12,18-19,29H,9-10,13-14H2;2-11H,1H3;2-11H,1H3,(H,20,21,23);1-10,23H;1-5,7H,12H2;2-5H,1H3;5-7H,1-4H2;;. The molecule has 0 radical (unpaired) electrons. The molecule has 4 aliphatic rings. The van der Waals surface area contributed by atoms with E-state index in [0.717, 1.165) is 118 Å². The number of H-pyrrole nitrogens is 1. The quantitative estimate of drug-likeness (QED) is 0.0292. The number of aromatic amines is 1. The molecule has 143 heavy (non-hydrogen) atoms. The maximum Gasteiger partial charge on any atom is 0.369 e. The van der Waals surface area contributed by atoms with Crippen molar-refractivity contribution in [1.29, 1.82) is 5.26 Å². The summed E-state index contributed by atoms with van der Waals surface area (Å²) in [5.74, 6) is 5.81. The van der Waals surface area contributed by atoms with Gasteiger partial charge in [0.15, 0.2) is 40.1 Å². The third kappa shape index (κ3) is 27.6. The first-order valence-electron chi connectivity index (χ1n) is 43.9. The molecule has 10 aromatic carbocycles. The summed E-state index contributed by atoms with van der Waals surface area (Å²) < 4.78 is 46.0. The molecule has 4 fully saturated rings. The molecule has 9 aromatic heterocycles. The van der Waals surface area contributed by atoms with Gasteiger partial charge in [0.05, 0.1) is 121 Å². The predicted molar refractivity (Wildman–Crippen MR) is 575 cm³/mol. The van der Waals surface area contributed by atoms with Gasteiger partial charge in [0, 0.05) is 54.0 Å². The van der Waals surface area contributed by atoms with Crippen LogP contribution in [-0.4, -0.2) is 179 Å². The number of rotatable bonds is 14. The van der Waals surface area contributed by atoms with Gasteiger partial charge in [-0.1, -0.05) is 157 Å². The van der Waals surface area contributed by atoms with E-state index in [-0.39, 0.29) is 32.5 Å². The van der Waals surface area contributed by atoms with Gasteiger partial charge < -0.3 is 54.8 Å². The number of nitrogens with two attached hydrogens (primary N) is 1. The van der Waals surface area contributed by atoms with Crippen LogP contribution in [0.25, 0.3) is 118 Å². The van der Waals surface area contributed by atoms with Gasteiger partial charge in [-0.3, -0.25) is 14.2 Å². The fraction of sp³-hybridized carbons (Fsp3) is 0.150. The third-order valence-corrected chi connectivity index (χ3v) is 23.1. The zero-order valence-electron chi connectivity index (χ0n) is 76.0. The highest BCUT2D eigenvalue weighted by atomic mass is 79.9. The number of nitriles is 1. The molecule has 726 valence electrons. The molecular formula is C100H85BBr4Cl5N22O10P. The lowest BCUT2D eigenvalue weighted by atomic mass is 10.2. The van der Waals surface area contributed by atoms with Crippen molar-refractivity contribution < 1.29 is 43.3 Å². The number of aromatic hydroxyl groups is 2. The molecule has 0 amide bonds. The molecule has 19 aromatic rings. The molecule has 23 rings (SSSR count). The van der Waals surface area contributed by atoms with E-state index in [1.807, 2.05) is 229 Å². The van der Waals surface area contributed by atoms with E-state index in [2.05, 4.69) is 163 Å². The van der Waals surface area contributed by atoms with Crippen LogP contribution in [0.3, 0.4) is 0 Å². The molecule has 0 aliphatic carbocycles. The summed E-state index contributed by atoms with van der Waals surface area (Å²) in [4.78, 5) is 60.7. The van der Waals surface area contributed by atoms with Gasteiger partial charge in [0.2, 0.25) is 0 Å². The van der Waals surface area contributed by atoms with Gasteiger partial charge in [0.25, 0.3) is 10.8 Å². The van der Waals surface area contributed by atoms with Gasteiger partial charge in [-0.25, -0.2) is 58.3 Å². The smallest absolute Gasteiger partial charge is 0.369 e. The molecule has 4 saturated heterocycles. The molecule has 0 saturated carbocycles. The Morgan fingerprint density at radius 3 is 1.28 bits per heavy atom. The number of methoxy groups -OCH3 is 3. The highest BCUT2D eigenvalue weighted by molar-refractivity contribution is 9.69. The normalized spacial score (nSPS) is 14.6. The van der Waals surface area contributed by atoms with Crippen molar-refractivity contribution >= 4 is 190 Å². The maximum absolute atomic E-state index is 12.4. The van der Waals surface area contributed by atoms with Crippen molar-refractivity contribution in [2.45, 2.75) is 50.1 Å². The van der Waals surface area contributed by atoms with E-state index in [1.165, 1.54) is 32.3 Å². The largest absolute Gasteiger partial charge is 0.508 e. The van der Waals surface area contributed by atoms with Crippen LogP contribution in [-0.2, 0) is 14.0 Å². The summed E-state index contributed by atoms with van der Waals surface area (Å²) in [7, 11) is 4.77. The zero-order chi connectivity index (χ0) is 101. The molecule has 43 heteroatoms. The summed E-state index contributed by atoms with van der Waals surface area (Å²) in [5.41, 5.74) is 16.6. The van der Waals surface area contributed by atoms with Gasteiger partial charge in [-0.15, -0.1) is 47.3 Å². The van der Waals surface area contributed by atoms with Crippen molar-refractivity contribution in [2.75, 3.05) is 58.1 Å². The number of phenols is 2. The lowest BCUT2D eigenvalue weighted by Crippen LogP contribution is -2.43. The minimum atomic E-state index is -3.22. The number of halogens is 9. The minimum Gasteiger partial charge on any atom is -0.508 e. The Bertz CT molecular complexity index is 7710. The molecule has 4 aliphatic heterocycles. The second-order valence-corrected chi connectivity index (χ2v) is 46.0. The van der Waals surface area contributed by atoms with Crippen LogP contribution in [0.15, 0.2) is 313 Å². The van der Waals surface area contributed by atoms with E-state index >= 15 is 0 Å². The second kappa shape index (κ2) is 49.6. The fourth-order valence-corrected chi connectivity index (χ4v) is 16.2. The number of aromatic nitrogens is 18. The van der Waals surface area contributed by atoms with E-state index < -0.39 is 10.4 Å². The average Bonchev–Trinajstić information content (AvgIpc) is 1.61. The van der Waals surface area contributed by atoms with Gasteiger partial charge in [-0.05, 0) is 214 Å².